The van der Waals surface area contributed by atoms with Gasteiger partial charge < -0.3 is 15.1 Å². The molecule has 1 aromatic carbocycles. The number of aromatic nitrogens is 5. The van der Waals surface area contributed by atoms with Crippen molar-refractivity contribution in [2.24, 2.45) is 5.41 Å². The number of likely N-dealkylation sites (N-methyl/N-ethyl adjacent to an activating group) is 1. The van der Waals surface area contributed by atoms with E-state index >= 15 is 0 Å². The lowest BCUT2D eigenvalue weighted by atomic mass is 9.87. The van der Waals surface area contributed by atoms with E-state index in [0.29, 0.717) is 29.3 Å². The fraction of sp³-hybridized carbons (Fsp3) is 0.360. The lowest BCUT2D eigenvalue weighted by Gasteiger charge is -2.28. The van der Waals surface area contributed by atoms with Gasteiger partial charge in [-0.2, -0.15) is 10.1 Å². The van der Waals surface area contributed by atoms with Gasteiger partial charge >= 0.3 is 0 Å². The van der Waals surface area contributed by atoms with Crippen molar-refractivity contribution in [3.05, 3.63) is 47.3 Å². The van der Waals surface area contributed by atoms with Gasteiger partial charge in [-0.25, -0.2) is 9.67 Å². The summed E-state index contributed by atoms with van der Waals surface area (Å²) >= 11 is 3.53. The number of amides is 2. The lowest BCUT2D eigenvalue weighted by Crippen LogP contribution is -2.41. The molecule has 4 aromatic rings. The Morgan fingerprint density at radius 1 is 1.25 bits per heavy atom. The van der Waals surface area contributed by atoms with Gasteiger partial charge in [0.25, 0.3) is 0 Å². The Labute approximate surface area is 215 Å². The molecule has 2 fully saturated rings. The number of nitrogens with one attached hydrogen (secondary N) is 1. The quantitative estimate of drug-likeness (QED) is 0.416. The van der Waals surface area contributed by atoms with Crippen LogP contribution < -0.4 is 5.32 Å². The zero-order valence-electron chi connectivity index (χ0n) is 20.0. The number of pyridine rings is 1. The second-order valence-electron chi connectivity index (χ2n) is 9.89. The van der Waals surface area contributed by atoms with Gasteiger partial charge in [-0.1, -0.05) is 13.0 Å². The first-order chi connectivity index (χ1) is 17.3. The van der Waals surface area contributed by atoms with Gasteiger partial charge in [0, 0.05) is 36.3 Å². The summed E-state index contributed by atoms with van der Waals surface area (Å²) in [6.45, 7) is 2.51. The molecular weight excluding hydrogens is 524 g/mol. The zero-order chi connectivity index (χ0) is 25.0. The van der Waals surface area contributed by atoms with Crippen LogP contribution >= 0.6 is 15.9 Å². The van der Waals surface area contributed by atoms with Crippen LogP contribution in [0.3, 0.4) is 0 Å². The summed E-state index contributed by atoms with van der Waals surface area (Å²) in [5.74, 6) is 0.511. The van der Waals surface area contributed by atoms with E-state index in [1.807, 2.05) is 37.3 Å². The SMILES string of the molecule is CN1CN(C(=O)[C@@]2(C)CC[C@@H](Nc3ncc4c(Br)nn(-c5ccc6ncccc6c5)c4n3)C2)CC1=O. The molecule has 10 nitrogen and oxygen atoms in total. The van der Waals surface area contributed by atoms with Gasteiger partial charge in [0.15, 0.2) is 5.65 Å². The number of halogens is 1. The van der Waals surface area contributed by atoms with E-state index < -0.39 is 5.41 Å². The normalized spacial score (nSPS) is 22.2. The summed E-state index contributed by atoms with van der Waals surface area (Å²) in [7, 11) is 1.72. The summed E-state index contributed by atoms with van der Waals surface area (Å²) in [6, 6.07) is 9.95. The number of nitrogens with zero attached hydrogens (tertiary/aromatic N) is 7. The van der Waals surface area contributed by atoms with Crippen LogP contribution in [-0.2, 0) is 9.59 Å². The Hall–Kier alpha value is -3.60. The van der Waals surface area contributed by atoms with E-state index in [2.05, 4.69) is 36.3 Å². The van der Waals surface area contributed by atoms with Gasteiger partial charge in [-0.05, 0) is 59.5 Å². The van der Waals surface area contributed by atoms with Crippen molar-refractivity contribution in [2.75, 3.05) is 25.6 Å². The van der Waals surface area contributed by atoms with Crippen molar-refractivity contribution in [3.63, 3.8) is 0 Å². The van der Waals surface area contributed by atoms with Crippen LogP contribution in [0.4, 0.5) is 5.95 Å². The predicted molar refractivity (Wildman–Crippen MR) is 138 cm³/mol. The summed E-state index contributed by atoms with van der Waals surface area (Å²) in [6.07, 6.45) is 5.75. The highest BCUT2D eigenvalue weighted by molar-refractivity contribution is 9.10. The molecule has 1 saturated heterocycles. The Morgan fingerprint density at radius 2 is 2.11 bits per heavy atom. The molecule has 1 aliphatic carbocycles. The van der Waals surface area contributed by atoms with Crippen LogP contribution in [0.15, 0.2) is 47.3 Å². The van der Waals surface area contributed by atoms with Crippen molar-refractivity contribution in [1.82, 2.24) is 34.5 Å². The third kappa shape index (κ3) is 3.87. The molecule has 2 amide bonds. The maximum atomic E-state index is 13.2. The van der Waals surface area contributed by atoms with E-state index in [0.717, 1.165) is 34.8 Å². The lowest BCUT2D eigenvalue weighted by molar-refractivity contribution is -0.140. The number of carbonyl (C=O) groups is 2. The fourth-order valence-electron chi connectivity index (χ4n) is 5.24. The molecule has 184 valence electrons. The average molecular weight is 549 g/mol. The maximum absolute atomic E-state index is 13.2. The topological polar surface area (TPSA) is 109 Å². The van der Waals surface area contributed by atoms with Gasteiger partial charge in [-0.3, -0.25) is 14.6 Å². The van der Waals surface area contributed by atoms with E-state index in [9.17, 15) is 9.59 Å². The van der Waals surface area contributed by atoms with Gasteiger partial charge in [0.2, 0.25) is 17.8 Å². The first-order valence-corrected chi connectivity index (χ1v) is 12.7. The van der Waals surface area contributed by atoms with Crippen LogP contribution in [0.2, 0.25) is 0 Å². The first kappa shape index (κ1) is 22.8. The largest absolute Gasteiger partial charge is 0.351 e. The van der Waals surface area contributed by atoms with Crippen molar-refractivity contribution < 1.29 is 9.59 Å². The van der Waals surface area contributed by atoms with E-state index in [4.69, 9.17) is 4.98 Å². The Balaban J connectivity index is 1.24. The molecule has 4 heterocycles. The molecule has 2 aliphatic rings. The Kier molecular flexibility index (Phi) is 5.40. The van der Waals surface area contributed by atoms with Crippen LogP contribution in [0.25, 0.3) is 27.6 Å². The molecule has 1 saturated carbocycles. The van der Waals surface area contributed by atoms with Crippen molar-refractivity contribution >= 4 is 55.6 Å². The van der Waals surface area contributed by atoms with Gasteiger partial charge in [-0.15, -0.1) is 0 Å². The summed E-state index contributed by atoms with van der Waals surface area (Å²) in [4.78, 5) is 42.0. The second kappa shape index (κ2) is 8.51. The van der Waals surface area contributed by atoms with Crippen molar-refractivity contribution in [2.45, 2.75) is 32.2 Å². The standard InChI is InChI=1S/C25H25BrN8O2/c1-25(23(36)33-13-20(35)32(2)14-33)8-7-16(11-25)29-24-28-12-18-21(26)31-34(22(18)30-24)17-5-6-19-15(10-17)4-3-9-27-19/h3-6,9-10,12,16H,7-8,11,13-14H2,1-2H3,(H,28,29,30)/t16-,25+/m1/s1. The Morgan fingerprint density at radius 3 is 2.92 bits per heavy atom. The van der Waals surface area contributed by atoms with Crippen LogP contribution in [-0.4, -0.2) is 72.6 Å². The molecule has 0 unspecified atom stereocenters. The molecule has 6 rings (SSSR count). The third-order valence-corrected chi connectivity index (χ3v) is 7.81. The fourth-order valence-corrected chi connectivity index (χ4v) is 5.68. The Bertz CT molecular complexity index is 1520. The number of carbonyl (C=O) groups excluding carboxylic acids is 2. The maximum Gasteiger partial charge on any atom is 0.243 e. The van der Waals surface area contributed by atoms with Crippen molar-refractivity contribution in [3.8, 4) is 5.69 Å². The summed E-state index contributed by atoms with van der Waals surface area (Å²) < 4.78 is 2.46. The zero-order valence-corrected chi connectivity index (χ0v) is 21.6. The minimum Gasteiger partial charge on any atom is -0.351 e. The molecule has 3 aromatic heterocycles. The smallest absolute Gasteiger partial charge is 0.243 e. The molecule has 0 bridgehead atoms. The molecule has 0 radical (unpaired) electrons. The third-order valence-electron chi connectivity index (χ3n) is 7.22. The molecule has 11 heteroatoms. The van der Waals surface area contributed by atoms with E-state index in [1.54, 1.807) is 33.9 Å². The minimum absolute atomic E-state index is 0.0215. The second-order valence-corrected chi connectivity index (χ2v) is 10.6. The van der Waals surface area contributed by atoms with Crippen LogP contribution in [0, 0.1) is 5.41 Å². The highest BCUT2D eigenvalue weighted by Crippen LogP contribution is 2.41. The highest BCUT2D eigenvalue weighted by Gasteiger charge is 2.45. The summed E-state index contributed by atoms with van der Waals surface area (Å²) in [5.41, 5.74) is 1.95. The summed E-state index contributed by atoms with van der Waals surface area (Å²) in [5, 5.41) is 9.90. The van der Waals surface area contributed by atoms with E-state index in [-0.39, 0.29) is 24.4 Å². The number of hydrogen-bond acceptors (Lipinski definition) is 7. The molecule has 1 aliphatic heterocycles. The number of anilines is 1. The molecule has 36 heavy (non-hydrogen) atoms. The number of hydrogen-bond donors (Lipinski definition) is 1. The molecule has 2 atom stereocenters. The number of benzene rings is 1. The molecule has 1 N–H and O–H groups in total. The van der Waals surface area contributed by atoms with E-state index in [1.165, 1.54) is 0 Å². The number of rotatable bonds is 4. The number of fused-ring (bicyclic) bond motifs is 2. The minimum atomic E-state index is -0.517. The predicted octanol–water partition coefficient (Wildman–Crippen LogP) is 3.36. The van der Waals surface area contributed by atoms with Gasteiger partial charge in [0.05, 0.1) is 23.3 Å². The van der Waals surface area contributed by atoms with Gasteiger partial charge in [0.1, 0.15) is 11.1 Å². The molecular formula is C25H25BrN8O2. The monoisotopic (exact) mass is 548 g/mol. The first-order valence-electron chi connectivity index (χ1n) is 11.9. The van der Waals surface area contributed by atoms with Crippen LogP contribution in [0.5, 0.6) is 0 Å². The van der Waals surface area contributed by atoms with Crippen molar-refractivity contribution in [1.29, 1.82) is 0 Å². The molecule has 0 spiro atoms. The average Bonchev–Trinajstić information content (AvgIpc) is 3.53. The highest BCUT2D eigenvalue weighted by atomic mass is 79.9. The van der Waals surface area contributed by atoms with Crippen LogP contribution in [0.1, 0.15) is 26.2 Å².